The number of nitrogens with zero attached hydrogens (tertiary/aromatic N) is 3. The van der Waals surface area contributed by atoms with Crippen LogP contribution >= 0.6 is 51.7 Å². The molecule has 1 aromatic heterocycles. The molecule has 90 valence electrons. The molecule has 0 aliphatic carbocycles. The van der Waals surface area contributed by atoms with Crippen molar-refractivity contribution in [3.8, 4) is 0 Å². The van der Waals surface area contributed by atoms with Crippen molar-refractivity contribution in [3.05, 3.63) is 0 Å². The van der Waals surface area contributed by atoms with Gasteiger partial charge in [-0.2, -0.15) is 9.67 Å². The van der Waals surface area contributed by atoms with Gasteiger partial charge in [0.1, 0.15) is 0 Å². The second-order valence-electron chi connectivity index (χ2n) is 2.88. The first-order chi connectivity index (χ1) is 7.69. The molecule has 0 atom stereocenters. The van der Waals surface area contributed by atoms with E-state index < -0.39 is 0 Å². The summed E-state index contributed by atoms with van der Waals surface area (Å²) in [6.07, 6.45) is 4.18. The van der Waals surface area contributed by atoms with E-state index in [0.717, 1.165) is 23.9 Å². The Hall–Kier alpha value is 0.210. The van der Waals surface area contributed by atoms with Crippen LogP contribution in [-0.2, 0) is 0 Å². The summed E-state index contributed by atoms with van der Waals surface area (Å²) in [4.78, 5) is 4.08. The number of rotatable bonds is 5. The molecule has 1 aromatic rings. The molecule has 0 aromatic carbocycles. The minimum Gasteiger partial charge on any atom is -0.368 e. The highest BCUT2D eigenvalue weighted by Crippen LogP contribution is 2.16. The highest BCUT2D eigenvalue weighted by molar-refractivity contribution is 9.09. The Labute approximate surface area is 117 Å². The third-order valence-electron chi connectivity index (χ3n) is 1.72. The maximum absolute atomic E-state index is 5.72. The van der Waals surface area contributed by atoms with Gasteiger partial charge in [-0.3, -0.25) is 0 Å². The van der Waals surface area contributed by atoms with E-state index in [2.05, 4.69) is 26.0 Å². The maximum atomic E-state index is 5.72. The van der Waals surface area contributed by atoms with Gasteiger partial charge in [0.25, 0.3) is 0 Å². The van der Waals surface area contributed by atoms with Crippen LogP contribution in [0, 0.1) is 0 Å². The van der Waals surface area contributed by atoms with Gasteiger partial charge in [-0.15, -0.1) is 5.10 Å². The van der Waals surface area contributed by atoms with Crippen LogP contribution in [0.2, 0.25) is 0 Å². The van der Waals surface area contributed by atoms with Crippen molar-refractivity contribution in [2.24, 2.45) is 0 Å². The van der Waals surface area contributed by atoms with E-state index in [4.69, 9.17) is 18.0 Å². The van der Waals surface area contributed by atoms with Crippen LogP contribution in [0.15, 0.2) is 5.16 Å². The fourth-order valence-corrected chi connectivity index (χ4v) is 2.85. The van der Waals surface area contributed by atoms with Crippen molar-refractivity contribution >= 4 is 61.9 Å². The van der Waals surface area contributed by atoms with Crippen LogP contribution in [0.25, 0.3) is 0 Å². The summed E-state index contributed by atoms with van der Waals surface area (Å²) in [6, 6.07) is 0. The van der Waals surface area contributed by atoms with Gasteiger partial charge in [-0.1, -0.05) is 51.7 Å². The van der Waals surface area contributed by atoms with Gasteiger partial charge in [0, 0.05) is 11.1 Å². The number of thioether (sulfide) groups is 2. The molecule has 0 spiro atoms. The van der Waals surface area contributed by atoms with Gasteiger partial charge in [0.05, 0.1) is 0 Å². The number of nitrogen functional groups attached to an aromatic ring is 1. The third-order valence-corrected chi connectivity index (χ3v) is 4.26. The van der Waals surface area contributed by atoms with Crippen LogP contribution in [0.5, 0.6) is 0 Å². The summed E-state index contributed by atoms with van der Waals surface area (Å²) in [5, 5.41) is 5.88. The number of anilines is 1. The summed E-state index contributed by atoms with van der Waals surface area (Å²) in [5.74, 6) is 1.35. The number of thiocarbonyl (C=S) groups is 1. The highest BCUT2D eigenvalue weighted by atomic mass is 79.9. The van der Waals surface area contributed by atoms with Crippen LogP contribution in [0.1, 0.15) is 12.8 Å². The van der Waals surface area contributed by atoms with E-state index in [0.29, 0.717) is 15.4 Å². The Morgan fingerprint density at radius 2 is 2.31 bits per heavy atom. The Bertz CT molecular complexity index is 355. The van der Waals surface area contributed by atoms with Crippen LogP contribution < -0.4 is 5.73 Å². The molecule has 0 saturated heterocycles. The maximum Gasteiger partial charge on any atom is 0.225 e. The standard InChI is InChI=1S/C8H13BrN4S3/c1-15-7-11-6(10)13(12-7)8(14)16-5-3-2-4-9/h2-5H2,1H3,(H2,10,11,12). The number of hydrogen-bond acceptors (Lipinski definition) is 6. The fraction of sp³-hybridized carbons (Fsp3) is 0.625. The smallest absolute Gasteiger partial charge is 0.225 e. The molecule has 0 unspecified atom stereocenters. The number of alkyl halides is 1. The van der Waals surface area contributed by atoms with Gasteiger partial charge in [-0.05, 0) is 19.1 Å². The monoisotopic (exact) mass is 340 g/mol. The van der Waals surface area contributed by atoms with Crippen molar-refractivity contribution < 1.29 is 0 Å². The van der Waals surface area contributed by atoms with Crippen molar-refractivity contribution in [3.63, 3.8) is 0 Å². The number of hydrogen-bond donors (Lipinski definition) is 1. The summed E-state index contributed by atoms with van der Waals surface area (Å²) in [6.45, 7) is 0. The zero-order chi connectivity index (χ0) is 12.0. The number of aromatic nitrogens is 3. The van der Waals surface area contributed by atoms with Gasteiger partial charge in [-0.25, -0.2) is 0 Å². The zero-order valence-electron chi connectivity index (χ0n) is 8.85. The molecule has 8 heteroatoms. The normalized spacial score (nSPS) is 10.6. The first-order valence-corrected chi connectivity index (χ1v) is 8.42. The molecule has 0 aliphatic rings. The van der Waals surface area contributed by atoms with Crippen LogP contribution in [0.4, 0.5) is 5.95 Å². The van der Waals surface area contributed by atoms with Crippen molar-refractivity contribution in [2.45, 2.75) is 18.0 Å². The third kappa shape index (κ3) is 4.23. The van der Waals surface area contributed by atoms with Crippen LogP contribution in [-0.4, -0.2) is 36.4 Å². The lowest BCUT2D eigenvalue weighted by molar-refractivity contribution is 0.898. The Morgan fingerprint density at radius 1 is 1.56 bits per heavy atom. The predicted molar refractivity (Wildman–Crippen MR) is 79.7 cm³/mol. The van der Waals surface area contributed by atoms with E-state index in [1.54, 1.807) is 11.8 Å². The van der Waals surface area contributed by atoms with Crippen molar-refractivity contribution in [1.29, 1.82) is 0 Å². The molecule has 0 saturated carbocycles. The Kier molecular flexibility index (Phi) is 6.71. The van der Waals surface area contributed by atoms with Gasteiger partial charge in [0.2, 0.25) is 11.1 Å². The highest BCUT2D eigenvalue weighted by Gasteiger charge is 2.10. The van der Waals surface area contributed by atoms with Crippen molar-refractivity contribution in [1.82, 2.24) is 14.8 Å². The number of halogens is 1. The summed E-state index contributed by atoms with van der Waals surface area (Å²) < 4.78 is 2.19. The number of nitrogens with two attached hydrogens (primary N) is 1. The second-order valence-corrected chi connectivity index (χ2v) is 6.17. The molecule has 16 heavy (non-hydrogen) atoms. The molecule has 1 heterocycles. The lowest BCUT2D eigenvalue weighted by atomic mass is 10.4. The van der Waals surface area contributed by atoms with E-state index in [-0.39, 0.29) is 0 Å². The molecule has 4 nitrogen and oxygen atoms in total. The SMILES string of the molecule is CSc1nc(N)n(C(=S)SCCCCBr)n1. The molecule has 0 radical (unpaired) electrons. The van der Waals surface area contributed by atoms with E-state index in [9.17, 15) is 0 Å². The van der Waals surface area contributed by atoms with Crippen LogP contribution in [0.3, 0.4) is 0 Å². The molecule has 2 N–H and O–H groups in total. The fourth-order valence-electron chi connectivity index (χ4n) is 0.942. The molecule has 0 bridgehead atoms. The van der Waals surface area contributed by atoms with E-state index in [1.165, 1.54) is 16.4 Å². The van der Waals surface area contributed by atoms with E-state index in [1.807, 2.05) is 6.26 Å². The molecular formula is C8H13BrN4S3. The first kappa shape index (κ1) is 14.3. The number of unbranched alkanes of at least 4 members (excludes halogenated alkanes) is 1. The molecule has 0 aliphatic heterocycles. The molecule has 0 fully saturated rings. The second kappa shape index (κ2) is 7.52. The topological polar surface area (TPSA) is 56.7 Å². The average molecular weight is 341 g/mol. The van der Waals surface area contributed by atoms with E-state index >= 15 is 0 Å². The van der Waals surface area contributed by atoms with Crippen molar-refractivity contribution in [2.75, 3.05) is 23.1 Å². The van der Waals surface area contributed by atoms with Gasteiger partial charge >= 0.3 is 0 Å². The lowest BCUT2D eigenvalue weighted by Gasteiger charge is -2.03. The van der Waals surface area contributed by atoms with Gasteiger partial charge in [0.15, 0.2) is 4.32 Å². The zero-order valence-corrected chi connectivity index (χ0v) is 12.9. The quantitative estimate of drug-likeness (QED) is 0.385. The Morgan fingerprint density at radius 3 is 2.88 bits per heavy atom. The molecule has 1 rings (SSSR count). The minimum absolute atomic E-state index is 0.363. The first-order valence-electron chi connectivity index (χ1n) is 4.68. The summed E-state index contributed by atoms with van der Waals surface area (Å²) >= 11 is 11.7. The minimum atomic E-state index is 0.363. The average Bonchev–Trinajstić information content (AvgIpc) is 2.66. The lowest BCUT2D eigenvalue weighted by Crippen LogP contribution is -2.11. The van der Waals surface area contributed by atoms with Gasteiger partial charge < -0.3 is 5.73 Å². The predicted octanol–water partition coefficient (Wildman–Crippen LogP) is 2.62. The molecular weight excluding hydrogens is 328 g/mol. The summed E-state index contributed by atoms with van der Waals surface area (Å²) in [5.41, 5.74) is 5.72. The largest absolute Gasteiger partial charge is 0.368 e. The summed E-state index contributed by atoms with van der Waals surface area (Å²) in [7, 11) is 0. The molecule has 0 amide bonds. The Balaban J connectivity index is 2.49.